The molecule has 190 valence electrons. The standard InChI is InChI=1S/C30H32N4O3/c1-4-25(5-2)33-29(35)20-6-8-21(9-7-20)30(36)34-14-15-37-28-13-11-22(16-24(28)18-34)23-10-12-26-27(17-23)32-19(3)31-26/h6-13,16-17,25H,4-5,14-15,18H2,1-3H3,(H,31,32)(H,33,35). The lowest BCUT2D eigenvalue weighted by Crippen LogP contribution is -2.34. The van der Waals surface area contributed by atoms with Crippen molar-refractivity contribution >= 4 is 22.8 Å². The Morgan fingerprint density at radius 3 is 2.46 bits per heavy atom. The van der Waals surface area contributed by atoms with E-state index < -0.39 is 0 Å². The number of carbonyl (C=O) groups is 2. The van der Waals surface area contributed by atoms with E-state index in [1.165, 1.54) is 0 Å². The van der Waals surface area contributed by atoms with Crippen molar-refractivity contribution < 1.29 is 14.3 Å². The van der Waals surface area contributed by atoms with Gasteiger partial charge in [0, 0.05) is 29.3 Å². The Bertz CT molecular complexity index is 1440. The minimum atomic E-state index is -0.110. The van der Waals surface area contributed by atoms with Crippen molar-refractivity contribution in [3.05, 3.63) is 83.2 Å². The van der Waals surface area contributed by atoms with E-state index in [0.717, 1.165) is 52.1 Å². The summed E-state index contributed by atoms with van der Waals surface area (Å²) in [6.45, 7) is 7.42. The van der Waals surface area contributed by atoms with E-state index >= 15 is 0 Å². The van der Waals surface area contributed by atoms with E-state index in [9.17, 15) is 9.59 Å². The van der Waals surface area contributed by atoms with Gasteiger partial charge in [-0.15, -0.1) is 0 Å². The zero-order chi connectivity index (χ0) is 25.9. The number of benzene rings is 3. The summed E-state index contributed by atoms with van der Waals surface area (Å²) in [5.74, 6) is 1.49. The molecule has 2 N–H and O–H groups in total. The number of hydrogen-bond donors (Lipinski definition) is 2. The third-order valence-corrected chi connectivity index (χ3v) is 6.98. The maximum atomic E-state index is 13.4. The fourth-order valence-electron chi connectivity index (χ4n) is 4.77. The van der Waals surface area contributed by atoms with Crippen molar-refractivity contribution in [1.82, 2.24) is 20.2 Å². The quantitative estimate of drug-likeness (QED) is 0.369. The molecule has 4 aromatic rings. The lowest BCUT2D eigenvalue weighted by molar-refractivity contribution is 0.0732. The van der Waals surface area contributed by atoms with Crippen LogP contribution in [0.2, 0.25) is 0 Å². The second-order valence-electron chi connectivity index (χ2n) is 9.52. The number of carbonyl (C=O) groups excluding carboxylic acids is 2. The third kappa shape index (κ3) is 5.21. The zero-order valence-electron chi connectivity index (χ0n) is 21.5. The van der Waals surface area contributed by atoms with E-state index in [0.29, 0.717) is 30.8 Å². The second kappa shape index (κ2) is 10.5. The summed E-state index contributed by atoms with van der Waals surface area (Å²) in [6.07, 6.45) is 1.77. The fourth-order valence-corrected chi connectivity index (χ4v) is 4.77. The largest absolute Gasteiger partial charge is 0.491 e. The number of aromatic amines is 1. The number of nitrogens with zero attached hydrogens (tertiary/aromatic N) is 2. The third-order valence-electron chi connectivity index (χ3n) is 6.98. The van der Waals surface area contributed by atoms with Crippen LogP contribution in [0.1, 0.15) is 58.8 Å². The van der Waals surface area contributed by atoms with E-state index in [1.54, 1.807) is 29.2 Å². The summed E-state index contributed by atoms with van der Waals surface area (Å²) in [5, 5.41) is 3.04. The molecule has 1 aliphatic rings. The number of imidazole rings is 1. The van der Waals surface area contributed by atoms with Crippen molar-refractivity contribution in [2.45, 2.75) is 46.2 Å². The van der Waals surface area contributed by atoms with Gasteiger partial charge in [-0.25, -0.2) is 4.98 Å². The smallest absolute Gasteiger partial charge is 0.254 e. The monoisotopic (exact) mass is 496 g/mol. The van der Waals surface area contributed by atoms with E-state index in [1.807, 2.05) is 25.1 Å². The van der Waals surface area contributed by atoms with Crippen LogP contribution in [0.4, 0.5) is 0 Å². The summed E-state index contributed by atoms with van der Waals surface area (Å²) >= 11 is 0. The molecule has 0 fully saturated rings. The van der Waals surface area contributed by atoms with Crippen molar-refractivity contribution in [3.8, 4) is 16.9 Å². The zero-order valence-corrected chi connectivity index (χ0v) is 21.5. The van der Waals surface area contributed by atoms with Crippen LogP contribution in [0.15, 0.2) is 60.7 Å². The predicted octanol–water partition coefficient (Wildman–Crippen LogP) is 5.49. The molecule has 2 amide bonds. The van der Waals surface area contributed by atoms with Crippen LogP contribution in [0.25, 0.3) is 22.2 Å². The number of rotatable bonds is 6. The minimum Gasteiger partial charge on any atom is -0.491 e. The number of fused-ring (bicyclic) bond motifs is 2. The molecule has 1 aliphatic heterocycles. The predicted molar refractivity (Wildman–Crippen MR) is 145 cm³/mol. The number of hydrogen-bond acceptors (Lipinski definition) is 4. The highest BCUT2D eigenvalue weighted by Crippen LogP contribution is 2.31. The van der Waals surface area contributed by atoms with Gasteiger partial charge in [-0.05, 0) is 79.4 Å². The highest BCUT2D eigenvalue weighted by atomic mass is 16.5. The van der Waals surface area contributed by atoms with Gasteiger partial charge in [-0.3, -0.25) is 9.59 Å². The maximum Gasteiger partial charge on any atom is 0.254 e. The molecule has 37 heavy (non-hydrogen) atoms. The van der Waals surface area contributed by atoms with Gasteiger partial charge in [0.15, 0.2) is 0 Å². The first-order valence-corrected chi connectivity index (χ1v) is 12.9. The average Bonchev–Trinajstić information content (AvgIpc) is 3.16. The van der Waals surface area contributed by atoms with Crippen LogP contribution in [0.5, 0.6) is 5.75 Å². The Morgan fingerprint density at radius 2 is 1.70 bits per heavy atom. The number of aryl methyl sites for hydroxylation is 1. The summed E-state index contributed by atoms with van der Waals surface area (Å²) < 4.78 is 5.97. The SMILES string of the molecule is CCC(CC)NC(=O)c1ccc(C(=O)N2CCOc3ccc(-c4ccc5nc(C)[nH]c5c4)cc3C2)cc1. The molecule has 0 bridgehead atoms. The molecule has 0 aliphatic carbocycles. The molecule has 0 atom stereocenters. The van der Waals surface area contributed by atoms with Crippen molar-refractivity contribution in [2.75, 3.05) is 13.2 Å². The van der Waals surface area contributed by atoms with Gasteiger partial charge >= 0.3 is 0 Å². The molecule has 7 nitrogen and oxygen atoms in total. The Morgan fingerprint density at radius 1 is 1.00 bits per heavy atom. The second-order valence-corrected chi connectivity index (χ2v) is 9.52. The lowest BCUT2D eigenvalue weighted by Gasteiger charge is -2.20. The summed E-state index contributed by atoms with van der Waals surface area (Å²) in [5.41, 5.74) is 6.14. The van der Waals surface area contributed by atoms with Crippen LogP contribution in [0, 0.1) is 6.92 Å². The molecule has 3 aromatic carbocycles. The Balaban J connectivity index is 1.34. The van der Waals surface area contributed by atoms with Gasteiger partial charge < -0.3 is 19.9 Å². The van der Waals surface area contributed by atoms with Crippen LogP contribution in [-0.2, 0) is 6.54 Å². The molecule has 0 unspecified atom stereocenters. The van der Waals surface area contributed by atoms with Crippen LogP contribution < -0.4 is 10.1 Å². The first-order valence-electron chi connectivity index (χ1n) is 12.9. The molecule has 0 radical (unpaired) electrons. The van der Waals surface area contributed by atoms with Crippen molar-refractivity contribution in [2.24, 2.45) is 0 Å². The number of H-pyrrole nitrogens is 1. The molecule has 0 spiro atoms. The van der Waals surface area contributed by atoms with Gasteiger partial charge in [0.1, 0.15) is 18.2 Å². The van der Waals surface area contributed by atoms with Crippen molar-refractivity contribution in [3.63, 3.8) is 0 Å². The molecular formula is C30H32N4O3. The number of aromatic nitrogens is 2. The highest BCUT2D eigenvalue weighted by Gasteiger charge is 2.22. The number of nitrogens with one attached hydrogen (secondary N) is 2. The number of ether oxygens (including phenoxy) is 1. The summed E-state index contributed by atoms with van der Waals surface area (Å²) in [4.78, 5) is 35.5. The van der Waals surface area contributed by atoms with E-state index in [2.05, 4.69) is 47.3 Å². The molecular weight excluding hydrogens is 464 g/mol. The van der Waals surface area contributed by atoms with E-state index in [-0.39, 0.29) is 17.9 Å². The van der Waals surface area contributed by atoms with Gasteiger partial charge in [-0.1, -0.05) is 26.0 Å². The van der Waals surface area contributed by atoms with Crippen LogP contribution in [-0.4, -0.2) is 45.9 Å². The Labute approximate surface area is 216 Å². The average molecular weight is 497 g/mol. The molecule has 1 aromatic heterocycles. The van der Waals surface area contributed by atoms with Crippen LogP contribution >= 0.6 is 0 Å². The van der Waals surface area contributed by atoms with Gasteiger partial charge in [0.25, 0.3) is 11.8 Å². The maximum absolute atomic E-state index is 13.4. The van der Waals surface area contributed by atoms with Gasteiger partial charge in [0.2, 0.25) is 0 Å². The molecule has 0 saturated carbocycles. The molecule has 5 rings (SSSR count). The fraction of sp³-hybridized carbons (Fsp3) is 0.300. The first-order chi connectivity index (χ1) is 17.9. The number of amides is 2. The van der Waals surface area contributed by atoms with Crippen molar-refractivity contribution in [1.29, 1.82) is 0 Å². The molecule has 0 saturated heterocycles. The normalized spacial score (nSPS) is 13.2. The Kier molecular flexibility index (Phi) is 6.95. The Hall–Kier alpha value is -4.13. The molecule has 7 heteroatoms. The van der Waals surface area contributed by atoms with Gasteiger partial charge in [-0.2, -0.15) is 0 Å². The molecule has 2 heterocycles. The lowest BCUT2D eigenvalue weighted by atomic mass is 10.0. The topological polar surface area (TPSA) is 87.3 Å². The minimum absolute atomic E-state index is 0.0804. The highest BCUT2D eigenvalue weighted by molar-refractivity contribution is 5.98. The van der Waals surface area contributed by atoms with Crippen LogP contribution in [0.3, 0.4) is 0 Å². The van der Waals surface area contributed by atoms with E-state index in [4.69, 9.17) is 4.74 Å². The van der Waals surface area contributed by atoms with Gasteiger partial charge in [0.05, 0.1) is 17.6 Å². The summed E-state index contributed by atoms with van der Waals surface area (Å²) in [6, 6.07) is 19.4. The summed E-state index contributed by atoms with van der Waals surface area (Å²) in [7, 11) is 0. The first kappa shape index (κ1) is 24.6.